The number of rotatable bonds is 3. The number of likely N-dealkylation sites (N-methyl/N-ethyl adjacent to an activating group) is 1. The molecule has 2 aromatic rings. The predicted molar refractivity (Wildman–Crippen MR) is 73.6 cm³/mol. The van der Waals surface area contributed by atoms with Crippen LogP contribution in [-0.2, 0) is 24.4 Å². The molecule has 3 heterocycles. The summed E-state index contributed by atoms with van der Waals surface area (Å²) >= 11 is 0. The lowest BCUT2D eigenvalue weighted by Gasteiger charge is -2.20. The molecule has 0 aromatic carbocycles. The van der Waals surface area contributed by atoms with Gasteiger partial charge in [0.2, 0.25) is 0 Å². The zero-order valence-corrected chi connectivity index (χ0v) is 11.2. The van der Waals surface area contributed by atoms with Crippen LogP contribution in [0, 0.1) is 0 Å². The molecule has 0 fully saturated rings. The Morgan fingerprint density at radius 3 is 3.05 bits per heavy atom. The zero-order chi connectivity index (χ0) is 13.1. The Labute approximate surface area is 113 Å². The van der Waals surface area contributed by atoms with Crippen LogP contribution in [0.1, 0.15) is 11.4 Å². The summed E-state index contributed by atoms with van der Waals surface area (Å²) in [5, 5.41) is 0. The summed E-state index contributed by atoms with van der Waals surface area (Å²) in [4.78, 5) is 6.60. The highest BCUT2D eigenvalue weighted by Crippen LogP contribution is 2.14. The monoisotopic (exact) mass is 257 g/mol. The van der Waals surface area contributed by atoms with E-state index in [4.69, 9.17) is 4.74 Å². The summed E-state index contributed by atoms with van der Waals surface area (Å²) in [6, 6.07) is 10.2. The highest BCUT2D eigenvalue weighted by Gasteiger charge is 2.19. The molecule has 0 saturated heterocycles. The van der Waals surface area contributed by atoms with Crippen molar-refractivity contribution in [2.24, 2.45) is 0 Å². The van der Waals surface area contributed by atoms with Gasteiger partial charge in [0.05, 0.1) is 18.4 Å². The minimum atomic E-state index is 0.209. The summed E-state index contributed by atoms with van der Waals surface area (Å²) in [6.07, 6.45) is 4.15. The van der Waals surface area contributed by atoms with Crippen molar-refractivity contribution in [2.45, 2.75) is 25.8 Å². The second-order valence-corrected chi connectivity index (χ2v) is 5.10. The van der Waals surface area contributed by atoms with E-state index in [-0.39, 0.29) is 6.10 Å². The minimum absolute atomic E-state index is 0.209. The third kappa shape index (κ3) is 3.03. The van der Waals surface area contributed by atoms with Gasteiger partial charge in [-0.05, 0) is 31.3 Å². The molecule has 1 atom stereocenters. The number of hydrogen-bond donors (Lipinski definition) is 0. The number of aromatic nitrogens is 2. The van der Waals surface area contributed by atoms with Gasteiger partial charge in [0.1, 0.15) is 0 Å². The van der Waals surface area contributed by atoms with Crippen LogP contribution >= 0.6 is 0 Å². The average Bonchev–Trinajstić information content (AvgIpc) is 2.78. The normalized spacial score (nSPS) is 19.9. The fraction of sp³-hybridized carbons (Fsp3) is 0.400. The van der Waals surface area contributed by atoms with E-state index < -0.39 is 0 Å². The molecule has 0 amide bonds. The van der Waals surface area contributed by atoms with E-state index in [1.165, 1.54) is 5.69 Å². The van der Waals surface area contributed by atoms with Crippen molar-refractivity contribution in [1.82, 2.24) is 14.5 Å². The molecule has 1 aliphatic heterocycles. The molecule has 0 aliphatic carbocycles. The minimum Gasteiger partial charge on any atom is -0.369 e. The number of hydrogen-bond acceptors (Lipinski definition) is 3. The lowest BCUT2D eigenvalue weighted by molar-refractivity contribution is 0.0132. The fourth-order valence-corrected chi connectivity index (χ4v) is 2.53. The maximum absolute atomic E-state index is 6.02. The topological polar surface area (TPSA) is 30.3 Å². The van der Waals surface area contributed by atoms with Gasteiger partial charge in [0.15, 0.2) is 0 Å². The molecule has 0 saturated carbocycles. The zero-order valence-electron chi connectivity index (χ0n) is 11.2. The lowest BCUT2D eigenvalue weighted by Crippen LogP contribution is -2.30. The molecule has 0 unspecified atom stereocenters. The summed E-state index contributed by atoms with van der Waals surface area (Å²) in [5.41, 5.74) is 2.34. The highest BCUT2D eigenvalue weighted by molar-refractivity contribution is 5.08. The largest absolute Gasteiger partial charge is 0.369 e. The van der Waals surface area contributed by atoms with Gasteiger partial charge in [0.25, 0.3) is 0 Å². The van der Waals surface area contributed by atoms with Crippen LogP contribution in [0.3, 0.4) is 0 Å². The molecule has 3 rings (SSSR count). The molecule has 0 spiro atoms. The smallest absolute Gasteiger partial charge is 0.0893 e. The first-order chi connectivity index (χ1) is 9.31. The Morgan fingerprint density at radius 2 is 2.21 bits per heavy atom. The number of nitrogens with zero attached hydrogens (tertiary/aromatic N) is 3. The van der Waals surface area contributed by atoms with E-state index in [2.05, 4.69) is 39.8 Å². The van der Waals surface area contributed by atoms with Crippen LogP contribution in [0.15, 0.2) is 42.7 Å². The Balaban J connectivity index is 1.65. The quantitative estimate of drug-likeness (QED) is 0.841. The standard InChI is InChI=1S/C15H19N3O/c1-17-9-14-6-4-8-18(14)11-15(10-17)19-12-13-5-2-3-7-16-13/h2-8,15H,9-12H2,1H3/t15-/m0/s1. The molecule has 2 aromatic heterocycles. The fourth-order valence-electron chi connectivity index (χ4n) is 2.53. The van der Waals surface area contributed by atoms with Gasteiger partial charge < -0.3 is 9.30 Å². The molecule has 1 aliphatic rings. The first-order valence-electron chi connectivity index (χ1n) is 6.65. The summed E-state index contributed by atoms with van der Waals surface area (Å²) < 4.78 is 8.30. The molecule has 0 N–H and O–H groups in total. The highest BCUT2D eigenvalue weighted by atomic mass is 16.5. The molecule has 0 bridgehead atoms. The number of pyridine rings is 1. The van der Waals surface area contributed by atoms with Crippen LogP contribution in [-0.4, -0.2) is 34.1 Å². The lowest BCUT2D eigenvalue weighted by atomic mass is 10.3. The van der Waals surface area contributed by atoms with Crippen molar-refractivity contribution >= 4 is 0 Å². The van der Waals surface area contributed by atoms with Crippen LogP contribution in [0.25, 0.3) is 0 Å². The van der Waals surface area contributed by atoms with Crippen LogP contribution < -0.4 is 0 Å². The van der Waals surface area contributed by atoms with Crippen molar-refractivity contribution in [2.75, 3.05) is 13.6 Å². The van der Waals surface area contributed by atoms with Crippen molar-refractivity contribution < 1.29 is 4.74 Å². The molecule has 4 heteroatoms. The van der Waals surface area contributed by atoms with E-state index in [9.17, 15) is 0 Å². The van der Waals surface area contributed by atoms with E-state index in [0.717, 1.165) is 25.3 Å². The van der Waals surface area contributed by atoms with E-state index >= 15 is 0 Å². The van der Waals surface area contributed by atoms with Crippen molar-refractivity contribution in [3.63, 3.8) is 0 Å². The Morgan fingerprint density at radius 1 is 1.26 bits per heavy atom. The van der Waals surface area contributed by atoms with Crippen molar-refractivity contribution in [3.8, 4) is 0 Å². The van der Waals surface area contributed by atoms with Gasteiger partial charge >= 0.3 is 0 Å². The van der Waals surface area contributed by atoms with Crippen LogP contribution in [0.4, 0.5) is 0 Å². The summed E-state index contributed by atoms with van der Waals surface area (Å²) in [7, 11) is 2.14. The van der Waals surface area contributed by atoms with Gasteiger partial charge in [-0.1, -0.05) is 6.07 Å². The predicted octanol–water partition coefficient (Wildman–Crippen LogP) is 1.91. The van der Waals surface area contributed by atoms with E-state index in [1.54, 1.807) is 0 Å². The van der Waals surface area contributed by atoms with E-state index in [1.807, 2.05) is 24.4 Å². The summed E-state index contributed by atoms with van der Waals surface area (Å²) in [5.74, 6) is 0. The maximum Gasteiger partial charge on any atom is 0.0893 e. The van der Waals surface area contributed by atoms with Crippen LogP contribution in [0.2, 0.25) is 0 Å². The van der Waals surface area contributed by atoms with Crippen molar-refractivity contribution in [1.29, 1.82) is 0 Å². The average molecular weight is 257 g/mol. The third-order valence-corrected chi connectivity index (χ3v) is 3.46. The first-order valence-corrected chi connectivity index (χ1v) is 6.65. The third-order valence-electron chi connectivity index (χ3n) is 3.46. The Kier molecular flexibility index (Phi) is 3.62. The summed E-state index contributed by atoms with van der Waals surface area (Å²) in [6.45, 7) is 3.43. The SMILES string of the molecule is CN1Cc2cccn2C[C@@H](OCc2ccccn2)C1. The number of ether oxygens (including phenoxy) is 1. The molecular weight excluding hydrogens is 238 g/mol. The molecule has 4 nitrogen and oxygen atoms in total. The first kappa shape index (κ1) is 12.4. The number of fused-ring (bicyclic) bond motifs is 1. The van der Waals surface area contributed by atoms with Gasteiger partial charge in [0, 0.05) is 37.7 Å². The van der Waals surface area contributed by atoms with E-state index in [0.29, 0.717) is 6.61 Å². The molecule has 0 radical (unpaired) electrons. The van der Waals surface area contributed by atoms with Gasteiger partial charge in [-0.15, -0.1) is 0 Å². The molecule has 100 valence electrons. The van der Waals surface area contributed by atoms with Crippen LogP contribution in [0.5, 0.6) is 0 Å². The second kappa shape index (κ2) is 5.55. The Bertz CT molecular complexity index is 523. The van der Waals surface area contributed by atoms with Gasteiger partial charge in [-0.25, -0.2) is 0 Å². The molecular formula is C15H19N3O. The van der Waals surface area contributed by atoms with Crippen molar-refractivity contribution in [3.05, 3.63) is 54.1 Å². The Hall–Kier alpha value is -1.65. The van der Waals surface area contributed by atoms with Gasteiger partial charge in [-0.2, -0.15) is 0 Å². The maximum atomic E-state index is 6.02. The molecule has 19 heavy (non-hydrogen) atoms. The van der Waals surface area contributed by atoms with Gasteiger partial charge in [-0.3, -0.25) is 9.88 Å². The second-order valence-electron chi connectivity index (χ2n) is 5.10.